The zero-order chi connectivity index (χ0) is 19.4. The number of aromatic nitrogens is 2. The number of hydrogen-bond acceptors (Lipinski definition) is 4. The number of imidazole rings is 1. The van der Waals surface area contributed by atoms with Gasteiger partial charge in [0.15, 0.2) is 5.16 Å². The number of hydrogen-bond donors (Lipinski definition) is 1. The molecular weight excluding hydrogens is 358 g/mol. The van der Waals surface area contributed by atoms with Crippen molar-refractivity contribution in [3.8, 4) is 6.07 Å². The lowest BCUT2D eigenvalue weighted by molar-refractivity contribution is -0.137. The Hall–Kier alpha value is -2.78. The van der Waals surface area contributed by atoms with Gasteiger partial charge in [-0.1, -0.05) is 35.5 Å². The van der Waals surface area contributed by atoms with Crippen molar-refractivity contribution in [1.29, 1.82) is 5.26 Å². The van der Waals surface area contributed by atoms with Crippen LogP contribution in [0, 0.1) is 25.2 Å². The molecule has 0 radical (unpaired) electrons. The van der Waals surface area contributed by atoms with E-state index in [-0.39, 0.29) is 6.42 Å². The highest BCUT2D eigenvalue weighted by molar-refractivity contribution is 7.99. The molecule has 0 aliphatic heterocycles. The van der Waals surface area contributed by atoms with E-state index in [0.29, 0.717) is 24.3 Å². The van der Waals surface area contributed by atoms with E-state index in [9.17, 15) is 4.79 Å². The summed E-state index contributed by atoms with van der Waals surface area (Å²) in [6.45, 7) is 4.87. The molecule has 1 heterocycles. The average molecular weight is 379 g/mol. The van der Waals surface area contributed by atoms with E-state index in [2.05, 4.69) is 42.7 Å². The summed E-state index contributed by atoms with van der Waals surface area (Å²) in [5.74, 6) is -0.0915. The van der Waals surface area contributed by atoms with Crippen molar-refractivity contribution in [3.05, 3.63) is 58.7 Å². The Morgan fingerprint density at radius 2 is 2.07 bits per heavy atom. The fourth-order valence-corrected chi connectivity index (χ4v) is 3.92. The topological polar surface area (TPSA) is 78.9 Å². The minimum absolute atomic E-state index is 0.156. The number of thioether (sulfide) groups is 1. The van der Waals surface area contributed by atoms with Crippen molar-refractivity contribution in [2.24, 2.45) is 0 Å². The summed E-state index contributed by atoms with van der Waals surface area (Å²) < 4.78 is 2.16. The number of carboxylic acids is 1. The van der Waals surface area contributed by atoms with Gasteiger partial charge in [0.2, 0.25) is 0 Å². The Balaban J connectivity index is 1.96. The Morgan fingerprint density at radius 1 is 1.26 bits per heavy atom. The van der Waals surface area contributed by atoms with E-state index in [4.69, 9.17) is 15.4 Å². The van der Waals surface area contributed by atoms with Crippen LogP contribution >= 0.6 is 11.8 Å². The van der Waals surface area contributed by atoms with Crippen LogP contribution in [0.3, 0.4) is 0 Å². The van der Waals surface area contributed by atoms with Gasteiger partial charge in [-0.05, 0) is 49.6 Å². The molecule has 0 bridgehead atoms. The third-order valence-corrected chi connectivity index (χ3v) is 5.50. The zero-order valence-corrected chi connectivity index (χ0v) is 16.2. The molecule has 0 unspecified atom stereocenters. The summed E-state index contributed by atoms with van der Waals surface area (Å²) in [7, 11) is 0. The van der Waals surface area contributed by atoms with Gasteiger partial charge >= 0.3 is 5.97 Å². The van der Waals surface area contributed by atoms with Gasteiger partial charge in [0.1, 0.15) is 0 Å². The quantitative estimate of drug-likeness (QED) is 0.482. The molecule has 0 saturated heterocycles. The molecule has 6 heteroatoms. The van der Waals surface area contributed by atoms with Gasteiger partial charge in [-0.25, -0.2) is 4.98 Å². The van der Waals surface area contributed by atoms with Crippen LogP contribution in [0.1, 0.15) is 35.1 Å². The fraction of sp³-hybridized carbons (Fsp3) is 0.286. The summed E-state index contributed by atoms with van der Waals surface area (Å²) in [6.07, 6.45) is 0.749. The Morgan fingerprint density at radius 3 is 2.81 bits per heavy atom. The van der Waals surface area contributed by atoms with Crippen LogP contribution in [-0.4, -0.2) is 26.4 Å². The van der Waals surface area contributed by atoms with Crippen molar-refractivity contribution in [2.75, 3.05) is 5.75 Å². The number of aliphatic carboxylic acids is 1. The van der Waals surface area contributed by atoms with Crippen LogP contribution in [0.5, 0.6) is 0 Å². The maximum Gasteiger partial charge on any atom is 0.303 e. The van der Waals surface area contributed by atoms with E-state index >= 15 is 0 Å². The third-order valence-electron chi connectivity index (χ3n) is 4.44. The number of carbonyl (C=O) groups is 1. The lowest BCUT2D eigenvalue weighted by Gasteiger charge is -2.12. The van der Waals surface area contributed by atoms with Gasteiger partial charge in [-0.3, -0.25) is 4.79 Å². The summed E-state index contributed by atoms with van der Waals surface area (Å²) in [5.41, 5.74) is 6.02. The van der Waals surface area contributed by atoms with Crippen molar-refractivity contribution in [3.63, 3.8) is 0 Å². The van der Waals surface area contributed by atoms with E-state index < -0.39 is 5.97 Å². The van der Waals surface area contributed by atoms with Crippen LogP contribution in [0.15, 0.2) is 41.6 Å². The molecule has 3 rings (SSSR count). The number of carboxylic acid groups (broad SMARTS) is 1. The molecular formula is C21H21N3O2S. The first-order chi connectivity index (χ1) is 13.0. The second-order valence-electron chi connectivity index (χ2n) is 6.57. The van der Waals surface area contributed by atoms with Crippen LogP contribution in [-0.2, 0) is 11.3 Å². The molecule has 0 atom stereocenters. The van der Waals surface area contributed by atoms with Gasteiger partial charge in [0.25, 0.3) is 0 Å². The van der Waals surface area contributed by atoms with E-state index in [1.54, 1.807) is 17.8 Å². The first-order valence-corrected chi connectivity index (χ1v) is 9.77. The van der Waals surface area contributed by atoms with E-state index in [0.717, 1.165) is 16.2 Å². The summed E-state index contributed by atoms with van der Waals surface area (Å²) in [4.78, 5) is 15.5. The Bertz CT molecular complexity index is 1030. The standard InChI is InChI=1S/C21H21N3O2S/c1-14-5-6-15(2)17(10-14)13-24-19-8-7-16(12-22)11-18(19)23-21(24)27-9-3-4-20(25)26/h5-8,10-11H,3-4,9,13H2,1-2H3,(H,25,26). The molecule has 0 aliphatic carbocycles. The second kappa shape index (κ2) is 8.28. The number of nitriles is 1. The minimum Gasteiger partial charge on any atom is -0.481 e. The Labute approximate surface area is 162 Å². The van der Waals surface area contributed by atoms with Crippen LogP contribution in [0.25, 0.3) is 11.0 Å². The predicted octanol–water partition coefficient (Wildman–Crippen LogP) is 4.53. The predicted molar refractivity (Wildman–Crippen MR) is 107 cm³/mol. The number of benzene rings is 2. The number of aryl methyl sites for hydroxylation is 2. The summed E-state index contributed by atoms with van der Waals surface area (Å²) in [5, 5.41) is 18.8. The van der Waals surface area contributed by atoms with Crippen molar-refractivity contribution in [2.45, 2.75) is 38.4 Å². The van der Waals surface area contributed by atoms with E-state index in [1.165, 1.54) is 16.7 Å². The highest BCUT2D eigenvalue weighted by atomic mass is 32.2. The van der Waals surface area contributed by atoms with Gasteiger partial charge < -0.3 is 9.67 Å². The van der Waals surface area contributed by atoms with Crippen LogP contribution in [0.4, 0.5) is 0 Å². The third kappa shape index (κ3) is 4.50. The van der Waals surface area contributed by atoms with Gasteiger partial charge in [0, 0.05) is 12.2 Å². The molecule has 5 nitrogen and oxygen atoms in total. The van der Waals surface area contributed by atoms with Crippen LogP contribution in [0.2, 0.25) is 0 Å². The molecule has 3 aromatic rings. The molecule has 0 fully saturated rings. The summed E-state index contributed by atoms with van der Waals surface area (Å²) in [6, 6.07) is 14.1. The monoisotopic (exact) mass is 379 g/mol. The SMILES string of the molecule is Cc1ccc(C)c(Cn2c(SCCCC(=O)O)nc3cc(C#N)ccc32)c1. The lowest BCUT2D eigenvalue weighted by Crippen LogP contribution is -2.04. The molecule has 2 aromatic carbocycles. The number of nitrogens with zero attached hydrogens (tertiary/aromatic N) is 3. The number of rotatable bonds is 7. The van der Waals surface area contributed by atoms with Gasteiger partial charge in [-0.2, -0.15) is 5.26 Å². The molecule has 0 amide bonds. The largest absolute Gasteiger partial charge is 0.481 e. The lowest BCUT2D eigenvalue weighted by atomic mass is 10.1. The molecule has 1 aromatic heterocycles. The second-order valence-corrected chi connectivity index (χ2v) is 7.63. The highest BCUT2D eigenvalue weighted by Gasteiger charge is 2.14. The van der Waals surface area contributed by atoms with Gasteiger partial charge in [0.05, 0.1) is 29.2 Å². The molecule has 0 saturated carbocycles. The first-order valence-electron chi connectivity index (χ1n) is 8.79. The summed E-state index contributed by atoms with van der Waals surface area (Å²) >= 11 is 1.56. The maximum atomic E-state index is 10.7. The average Bonchev–Trinajstić information content (AvgIpc) is 2.98. The highest BCUT2D eigenvalue weighted by Crippen LogP contribution is 2.27. The Kier molecular flexibility index (Phi) is 5.82. The molecule has 1 N–H and O–H groups in total. The van der Waals surface area contributed by atoms with Crippen molar-refractivity contribution < 1.29 is 9.90 Å². The van der Waals surface area contributed by atoms with E-state index in [1.807, 2.05) is 12.1 Å². The molecule has 0 spiro atoms. The molecule has 138 valence electrons. The first kappa shape index (κ1) is 19.0. The minimum atomic E-state index is -0.779. The maximum absolute atomic E-state index is 10.7. The molecule has 0 aliphatic rings. The number of fused-ring (bicyclic) bond motifs is 1. The normalized spacial score (nSPS) is 10.9. The fourth-order valence-electron chi connectivity index (χ4n) is 2.97. The zero-order valence-electron chi connectivity index (χ0n) is 15.4. The van der Waals surface area contributed by atoms with Crippen molar-refractivity contribution >= 4 is 28.8 Å². The smallest absolute Gasteiger partial charge is 0.303 e. The van der Waals surface area contributed by atoms with Gasteiger partial charge in [-0.15, -0.1) is 0 Å². The molecule has 27 heavy (non-hydrogen) atoms. The van der Waals surface area contributed by atoms with Crippen molar-refractivity contribution in [1.82, 2.24) is 9.55 Å². The van der Waals surface area contributed by atoms with Crippen LogP contribution < -0.4 is 0 Å².